The lowest BCUT2D eigenvalue weighted by atomic mass is 10.1. The largest absolute Gasteiger partial charge is 0.476 e. The number of amides is 2. The number of aromatic nitrogens is 2. The first-order valence-corrected chi connectivity index (χ1v) is 6.81. The van der Waals surface area contributed by atoms with Gasteiger partial charge in [-0.3, -0.25) is 4.68 Å². The highest BCUT2D eigenvalue weighted by atomic mass is 16.4. The molecular weight excluding hydrogens is 260 g/mol. The molecule has 0 radical (unpaired) electrons. The van der Waals surface area contributed by atoms with Crippen LogP contribution in [0.2, 0.25) is 0 Å². The molecule has 0 unspecified atom stereocenters. The molecule has 1 aromatic heterocycles. The van der Waals surface area contributed by atoms with E-state index in [1.165, 1.54) is 0 Å². The molecule has 0 saturated heterocycles. The second-order valence-corrected chi connectivity index (χ2v) is 4.83. The first-order chi connectivity index (χ1) is 9.49. The van der Waals surface area contributed by atoms with Crippen LogP contribution in [0.1, 0.15) is 35.6 Å². The van der Waals surface area contributed by atoms with Gasteiger partial charge in [-0.1, -0.05) is 0 Å². The van der Waals surface area contributed by atoms with Crippen molar-refractivity contribution in [1.29, 1.82) is 0 Å². The number of rotatable bonds is 3. The minimum Gasteiger partial charge on any atom is -0.476 e. The van der Waals surface area contributed by atoms with E-state index in [1.54, 1.807) is 21.5 Å². The van der Waals surface area contributed by atoms with E-state index < -0.39 is 5.97 Å². The summed E-state index contributed by atoms with van der Waals surface area (Å²) in [6, 6.07) is -0.0409. The Labute approximate surface area is 117 Å². The van der Waals surface area contributed by atoms with Gasteiger partial charge in [0.15, 0.2) is 5.69 Å². The molecule has 0 spiro atoms. The molecule has 1 aromatic rings. The van der Waals surface area contributed by atoms with Crippen molar-refractivity contribution in [2.24, 2.45) is 7.05 Å². The molecule has 2 amide bonds. The van der Waals surface area contributed by atoms with Gasteiger partial charge in [-0.25, -0.2) is 9.59 Å². The minimum absolute atomic E-state index is 0.0409. The molecule has 7 heteroatoms. The molecule has 0 saturated carbocycles. The summed E-state index contributed by atoms with van der Waals surface area (Å²) in [6.45, 7) is 6.09. The van der Waals surface area contributed by atoms with Crippen LogP contribution >= 0.6 is 0 Å². The molecule has 1 N–H and O–H groups in total. The van der Waals surface area contributed by atoms with Crippen LogP contribution in [0.4, 0.5) is 4.79 Å². The van der Waals surface area contributed by atoms with Crippen LogP contribution in [0.25, 0.3) is 0 Å². The fourth-order valence-corrected chi connectivity index (χ4v) is 2.62. The Morgan fingerprint density at radius 2 is 2.00 bits per heavy atom. The van der Waals surface area contributed by atoms with Crippen molar-refractivity contribution in [3.8, 4) is 0 Å². The summed E-state index contributed by atoms with van der Waals surface area (Å²) < 4.78 is 1.61. The number of urea groups is 1. The Bertz CT molecular complexity index is 534. The summed E-state index contributed by atoms with van der Waals surface area (Å²) in [4.78, 5) is 27.0. The van der Waals surface area contributed by atoms with E-state index in [0.717, 1.165) is 5.69 Å². The van der Waals surface area contributed by atoms with Gasteiger partial charge in [-0.05, 0) is 13.8 Å². The van der Waals surface area contributed by atoms with E-state index in [4.69, 9.17) is 0 Å². The highest BCUT2D eigenvalue weighted by Gasteiger charge is 2.30. The summed E-state index contributed by atoms with van der Waals surface area (Å²) in [5.74, 6) is -1.04. The van der Waals surface area contributed by atoms with E-state index in [9.17, 15) is 14.7 Å². The van der Waals surface area contributed by atoms with Crippen LogP contribution in [0.5, 0.6) is 0 Å². The monoisotopic (exact) mass is 280 g/mol. The zero-order valence-electron chi connectivity index (χ0n) is 12.1. The van der Waals surface area contributed by atoms with E-state index >= 15 is 0 Å². The SMILES string of the molecule is CCN(CC)C(=O)N1CCc2c(c(C(=O)O)nn2C)C1. The van der Waals surface area contributed by atoms with Gasteiger partial charge in [0.2, 0.25) is 0 Å². The van der Waals surface area contributed by atoms with Crippen molar-refractivity contribution in [3.63, 3.8) is 0 Å². The molecule has 0 fully saturated rings. The second kappa shape index (κ2) is 5.52. The van der Waals surface area contributed by atoms with Crippen molar-refractivity contribution < 1.29 is 14.7 Å². The summed E-state index contributed by atoms with van der Waals surface area (Å²) in [6.07, 6.45) is 0.638. The third-order valence-electron chi connectivity index (χ3n) is 3.75. The van der Waals surface area contributed by atoms with E-state index in [2.05, 4.69) is 5.10 Å². The number of nitrogens with zero attached hydrogens (tertiary/aromatic N) is 4. The van der Waals surface area contributed by atoms with Gasteiger partial charge in [-0.15, -0.1) is 0 Å². The predicted octanol–water partition coefficient (Wildman–Crippen LogP) is 0.938. The fourth-order valence-electron chi connectivity index (χ4n) is 2.62. The molecule has 20 heavy (non-hydrogen) atoms. The molecule has 0 bridgehead atoms. The van der Waals surface area contributed by atoms with Gasteiger partial charge in [0.1, 0.15) is 0 Å². The zero-order valence-corrected chi connectivity index (χ0v) is 12.1. The molecule has 1 aliphatic heterocycles. The van der Waals surface area contributed by atoms with Crippen molar-refractivity contribution >= 4 is 12.0 Å². The van der Waals surface area contributed by atoms with Gasteiger partial charge in [0.05, 0.1) is 6.54 Å². The van der Waals surface area contributed by atoms with E-state index in [1.807, 2.05) is 13.8 Å². The standard InChI is InChI=1S/C13H20N4O3/c1-4-16(5-2)13(20)17-7-6-10-9(8-17)11(12(18)19)14-15(10)3/h4-8H2,1-3H3,(H,18,19). The number of carboxylic acids is 1. The molecule has 110 valence electrons. The van der Waals surface area contributed by atoms with Crippen LogP contribution in [-0.2, 0) is 20.0 Å². The number of aromatic carboxylic acids is 1. The molecule has 2 heterocycles. The zero-order chi connectivity index (χ0) is 14.9. The number of carbonyl (C=O) groups excluding carboxylic acids is 1. The number of hydrogen-bond acceptors (Lipinski definition) is 3. The first kappa shape index (κ1) is 14.4. The molecule has 1 aliphatic rings. The van der Waals surface area contributed by atoms with Crippen LogP contribution in [-0.4, -0.2) is 56.3 Å². The van der Waals surface area contributed by atoms with Gasteiger partial charge in [0.25, 0.3) is 0 Å². The van der Waals surface area contributed by atoms with Gasteiger partial charge >= 0.3 is 12.0 Å². The van der Waals surface area contributed by atoms with Crippen LogP contribution in [0, 0.1) is 0 Å². The summed E-state index contributed by atoms with van der Waals surface area (Å²) in [5, 5.41) is 13.2. The lowest BCUT2D eigenvalue weighted by Crippen LogP contribution is -2.45. The third kappa shape index (κ3) is 2.35. The molecular formula is C13H20N4O3. The molecule has 7 nitrogen and oxygen atoms in total. The van der Waals surface area contributed by atoms with Gasteiger partial charge < -0.3 is 14.9 Å². The highest BCUT2D eigenvalue weighted by Crippen LogP contribution is 2.23. The maximum Gasteiger partial charge on any atom is 0.356 e. The molecule has 0 aromatic carbocycles. The highest BCUT2D eigenvalue weighted by molar-refractivity contribution is 5.87. The number of hydrogen-bond donors (Lipinski definition) is 1. The van der Waals surface area contributed by atoms with Crippen molar-refractivity contribution in [2.45, 2.75) is 26.8 Å². The van der Waals surface area contributed by atoms with Crippen molar-refractivity contribution in [3.05, 3.63) is 17.0 Å². The van der Waals surface area contributed by atoms with Crippen LogP contribution < -0.4 is 0 Å². The second-order valence-electron chi connectivity index (χ2n) is 4.83. The molecule has 2 rings (SSSR count). The maximum absolute atomic E-state index is 12.3. The van der Waals surface area contributed by atoms with Crippen LogP contribution in [0.3, 0.4) is 0 Å². The van der Waals surface area contributed by atoms with Crippen molar-refractivity contribution in [2.75, 3.05) is 19.6 Å². The number of carboxylic acid groups (broad SMARTS) is 1. The van der Waals surface area contributed by atoms with Gasteiger partial charge in [-0.2, -0.15) is 5.10 Å². The first-order valence-electron chi connectivity index (χ1n) is 6.81. The fraction of sp³-hybridized carbons (Fsp3) is 0.615. The van der Waals surface area contributed by atoms with Crippen molar-refractivity contribution in [1.82, 2.24) is 19.6 Å². The summed E-state index contributed by atoms with van der Waals surface area (Å²) in [7, 11) is 1.74. The lowest BCUT2D eigenvalue weighted by molar-refractivity contribution is 0.0686. The average Bonchev–Trinajstić information content (AvgIpc) is 2.77. The number of carbonyl (C=O) groups is 2. The Morgan fingerprint density at radius 1 is 1.35 bits per heavy atom. The molecule has 0 atom stereocenters. The normalized spacial score (nSPS) is 14.1. The Morgan fingerprint density at radius 3 is 2.55 bits per heavy atom. The number of aryl methyl sites for hydroxylation is 1. The minimum atomic E-state index is -1.04. The third-order valence-corrected chi connectivity index (χ3v) is 3.75. The Hall–Kier alpha value is -2.05. The maximum atomic E-state index is 12.3. The smallest absolute Gasteiger partial charge is 0.356 e. The lowest BCUT2D eigenvalue weighted by Gasteiger charge is -2.32. The quantitative estimate of drug-likeness (QED) is 0.893. The summed E-state index contributed by atoms with van der Waals surface area (Å²) in [5.41, 5.74) is 1.62. The molecule has 0 aliphatic carbocycles. The number of fused-ring (bicyclic) bond motifs is 1. The Kier molecular flexibility index (Phi) is 3.96. The van der Waals surface area contributed by atoms with Crippen LogP contribution in [0.15, 0.2) is 0 Å². The summed E-state index contributed by atoms with van der Waals surface area (Å²) >= 11 is 0. The predicted molar refractivity (Wildman–Crippen MR) is 72.6 cm³/mol. The Balaban J connectivity index is 2.26. The topological polar surface area (TPSA) is 78.7 Å². The average molecular weight is 280 g/mol. The van der Waals surface area contributed by atoms with Gasteiger partial charge in [0, 0.05) is 44.4 Å². The van der Waals surface area contributed by atoms with E-state index in [0.29, 0.717) is 38.2 Å². The van der Waals surface area contributed by atoms with E-state index in [-0.39, 0.29) is 11.7 Å².